The lowest BCUT2D eigenvalue weighted by Gasteiger charge is -2.18. The first-order valence-electron chi connectivity index (χ1n) is 5.61. The van der Waals surface area contributed by atoms with Gasteiger partial charge in [0.2, 0.25) is 0 Å². The van der Waals surface area contributed by atoms with Crippen molar-refractivity contribution in [3.05, 3.63) is 58.3 Å². The molecular formula is C14H15BrN2. The van der Waals surface area contributed by atoms with E-state index in [1.165, 1.54) is 11.1 Å². The molecule has 1 heterocycles. The number of hydrogen-bond donors (Lipinski definition) is 1. The fourth-order valence-corrected chi connectivity index (χ4v) is 2.24. The van der Waals surface area contributed by atoms with Crippen LogP contribution in [0.15, 0.2) is 47.2 Å². The Morgan fingerprint density at radius 3 is 2.65 bits per heavy atom. The second-order valence-corrected chi connectivity index (χ2v) is 4.82. The minimum atomic E-state index is 0.261. The maximum Gasteiger partial charge on any atom is 0.129 e. The van der Waals surface area contributed by atoms with Crippen molar-refractivity contribution >= 4 is 21.6 Å². The first-order valence-corrected chi connectivity index (χ1v) is 6.40. The Kier molecular flexibility index (Phi) is 3.79. The van der Waals surface area contributed by atoms with Crippen molar-refractivity contribution in [2.24, 2.45) is 0 Å². The van der Waals surface area contributed by atoms with Crippen LogP contribution in [0.1, 0.15) is 24.1 Å². The standard InChI is InChI=1S/C14H15BrN2/c1-10-6-3-4-7-12(10)11(2)17-13-8-5-9-16-14(13)15/h3-9,11,17H,1-2H3. The van der Waals surface area contributed by atoms with Crippen LogP contribution in [-0.2, 0) is 0 Å². The predicted octanol–water partition coefficient (Wildman–Crippen LogP) is 4.33. The molecule has 0 spiro atoms. The molecule has 17 heavy (non-hydrogen) atoms. The van der Waals surface area contributed by atoms with Gasteiger partial charge in [0.15, 0.2) is 0 Å². The largest absolute Gasteiger partial charge is 0.376 e. The van der Waals surface area contributed by atoms with Crippen LogP contribution in [0.5, 0.6) is 0 Å². The van der Waals surface area contributed by atoms with E-state index in [4.69, 9.17) is 0 Å². The van der Waals surface area contributed by atoms with E-state index in [2.05, 4.69) is 64.3 Å². The smallest absolute Gasteiger partial charge is 0.129 e. The monoisotopic (exact) mass is 290 g/mol. The molecule has 88 valence electrons. The molecule has 0 bridgehead atoms. The molecular weight excluding hydrogens is 276 g/mol. The summed E-state index contributed by atoms with van der Waals surface area (Å²) in [4.78, 5) is 4.20. The number of benzene rings is 1. The van der Waals surface area contributed by atoms with Gasteiger partial charge in [-0.05, 0) is 53.0 Å². The zero-order valence-corrected chi connectivity index (χ0v) is 11.5. The normalized spacial score (nSPS) is 12.2. The molecule has 0 aliphatic rings. The minimum absolute atomic E-state index is 0.261. The first-order chi connectivity index (χ1) is 8.18. The van der Waals surface area contributed by atoms with Gasteiger partial charge in [0.25, 0.3) is 0 Å². The van der Waals surface area contributed by atoms with E-state index in [9.17, 15) is 0 Å². The van der Waals surface area contributed by atoms with Gasteiger partial charge in [-0.2, -0.15) is 0 Å². The Labute approximate surface area is 110 Å². The number of aryl methyl sites for hydroxylation is 1. The van der Waals surface area contributed by atoms with Gasteiger partial charge in [-0.15, -0.1) is 0 Å². The lowest BCUT2D eigenvalue weighted by molar-refractivity contribution is 0.870. The Morgan fingerprint density at radius 2 is 1.94 bits per heavy atom. The molecule has 0 amide bonds. The quantitative estimate of drug-likeness (QED) is 0.852. The van der Waals surface area contributed by atoms with E-state index in [0.717, 1.165) is 10.3 Å². The zero-order chi connectivity index (χ0) is 12.3. The van der Waals surface area contributed by atoms with Gasteiger partial charge in [0.05, 0.1) is 5.69 Å². The van der Waals surface area contributed by atoms with Gasteiger partial charge in [-0.1, -0.05) is 24.3 Å². The summed E-state index contributed by atoms with van der Waals surface area (Å²) >= 11 is 3.44. The number of nitrogens with zero attached hydrogens (tertiary/aromatic N) is 1. The lowest BCUT2D eigenvalue weighted by atomic mass is 10.0. The maximum absolute atomic E-state index is 4.20. The Balaban J connectivity index is 2.20. The highest BCUT2D eigenvalue weighted by molar-refractivity contribution is 9.10. The molecule has 0 radical (unpaired) electrons. The number of halogens is 1. The van der Waals surface area contributed by atoms with E-state index < -0.39 is 0 Å². The van der Waals surface area contributed by atoms with Crippen LogP contribution in [-0.4, -0.2) is 4.98 Å². The molecule has 0 fully saturated rings. The van der Waals surface area contributed by atoms with Crippen LogP contribution in [0.4, 0.5) is 5.69 Å². The molecule has 3 heteroatoms. The third-order valence-corrected chi connectivity index (χ3v) is 3.42. The Hall–Kier alpha value is -1.35. The minimum Gasteiger partial charge on any atom is -0.376 e. The average Bonchev–Trinajstić information content (AvgIpc) is 2.32. The molecule has 0 aliphatic carbocycles. The molecule has 1 unspecified atom stereocenters. The van der Waals surface area contributed by atoms with Crippen molar-refractivity contribution in [2.45, 2.75) is 19.9 Å². The van der Waals surface area contributed by atoms with Crippen molar-refractivity contribution in [3.8, 4) is 0 Å². The summed E-state index contributed by atoms with van der Waals surface area (Å²) in [7, 11) is 0. The summed E-state index contributed by atoms with van der Waals surface area (Å²) < 4.78 is 0.848. The van der Waals surface area contributed by atoms with Gasteiger partial charge in [-0.3, -0.25) is 0 Å². The van der Waals surface area contributed by atoms with Crippen molar-refractivity contribution in [3.63, 3.8) is 0 Å². The number of pyridine rings is 1. The number of anilines is 1. The van der Waals surface area contributed by atoms with Crippen molar-refractivity contribution in [1.82, 2.24) is 4.98 Å². The molecule has 1 N–H and O–H groups in total. The highest BCUT2D eigenvalue weighted by atomic mass is 79.9. The molecule has 2 nitrogen and oxygen atoms in total. The summed E-state index contributed by atoms with van der Waals surface area (Å²) in [6, 6.07) is 12.6. The van der Waals surface area contributed by atoms with Crippen LogP contribution in [0, 0.1) is 6.92 Å². The lowest BCUT2D eigenvalue weighted by Crippen LogP contribution is -2.08. The summed E-state index contributed by atoms with van der Waals surface area (Å²) in [5.74, 6) is 0. The van der Waals surface area contributed by atoms with E-state index >= 15 is 0 Å². The molecule has 2 aromatic rings. The van der Waals surface area contributed by atoms with Crippen molar-refractivity contribution in [1.29, 1.82) is 0 Å². The van der Waals surface area contributed by atoms with Gasteiger partial charge in [0, 0.05) is 12.2 Å². The fraction of sp³-hybridized carbons (Fsp3) is 0.214. The van der Waals surface area contributed by atoms with Crippen LogP contribution in [0.3, 0.4) is 0 Å². The van der Waals surface area contributed by atoms with Crippen LogP contribution in [0.2, 0.25) is 0 Å². The van der Waals surface area contributed by atoms with E-state index in [-0.39, 0.29) is 6.04 Å². The van der Waals surface area contributed by atoms with E-state index in [1.54, 1.807) is 6.20 Å². The maximum atomic E-state index is 4.20. The number of aromatic nitrogens is 1. The Morgan fingerprint density at radius 1 is 1.18 bits per heavy atom. The summed E-state index contributed by atoms with van der Waals surface area (Å²) in [5, 5.41) is 3.46. The summed E-state index contributed by atoms with van der Waals surface area (Å²) in [6.45, 7) is 4.29. The zero-order valence-electron chi connectivity index (χ0n) is 9.94. The topological polar surface area (TPSA) is 24.9 Å². The highest BCUT2D eigenvalue weighted by Crippen LogP contribution is 2.25. The average molecular weight is 291 g/mol. The highest BCUT2D eigenvalue weighted by Gasteiger charge is 2.09. The third-order valence-electron chi connectivity index (χ3n) is 2.79. The van der Waals surface area contributed by atoms with Crippen LogP contribution < -0.4 is 5.32 Å². The molecule has 0 saturated heterocycles. The molecule has 1 aromatic carbocycles. The second-order valence-electron chi connectivity index (χ2n) is 4.06. The number of hydrogen-bond acceptors (Lipinski definition) is 2. The molecule has 2 rings (SSSR count). The van der Waals surface area contributed by atoms with Crippen LogP contribution >= 0.6 is 15.9 Å². The number of rotatable bonds is 3. The summed E-state index contributed by atoms with van der Waals surface area (Å²) in [5.41, 5.74) is 3.62. The molecule has 1 atom stereocenters. The van der Waals surface area contributed by atoms with Crippen LogP contribution in [0.25, 0.3) is 0 Å². The van der Waals surface area contributed by atoms with E-state index in [0.29, 0.717) is 0 Å². The van der Waals surface area contributed by atoms with Crippen molar-refractivity contribution in [2.75, 3.05) is 5.32 Å². The third kappa shape index (κ3) is 2.86. The Bertz CT molecular complexity index is 511. The molecule has 1 aromatic heterocycles. The fourth-order valence-electron chi connectivity index (χ4n) is 1.88. The predicted molar refractivity (Wildman–Crippen MR) is 75.2 cm³/mol. The number of nitrogens with one attached hydrogen (secondary N) is 1. The first kappa shape index (κ1) is 12.1. The summed E-state index contributed by atoms with van der Waals surface area (Å²) in [6.07, 6.45) is 1.77. The molecule has 0 saturated carbocycles. The SMILES string of the molecule is Cc1ccccc1C(C)Nc1cccnc1Br. The van der Waals surface area contributed by atoms with Gasteiger partial charge < -0.3 is 5.32 Å². The van der Waals surface area contributed by atoms with Gasteiger partial charge >= 0.3 is 0 Å². The van der Waals surface area contributed by atoms with Gasteiger partial charge in [0.1, 0.15) is 4.60 Å². The van der Waals surface area contributed by atoms with Gasteiger partial charge in [-0.25, -0.2) is 4.98 Å². The second kappa shape index (κ2) is 5.32. The molecule has 0 aliphatic heterocycles. The van der Waals surface area contributed by atoms with E-state index in [1.807, 2.05) is 12.1 Å². The van der Waals surface area contributed by atoms with Crippen molar-refractivity contribution < 1.29 is 0 Å².